The highest BCUT2D eigenvalue weighted by atomic mass is 79.9. The molecule has 21 heavy (non-hydrogen) atoms. The molecule has 0 atom stereocenters. The number of carboxylic acid groups (broad SMARTS) is 1. The van der Waals surface area contributed by atoms with Crippen LogP contribution in [0.15, 0.2) is 28.7 Å². The van der Waals surface area contributed by atoms with Gasteiger partial charge in [0.25, 0.3) is 0 Å². The first-order valence-electron chi connectivity index (χ1n) is 6.18. The van der Waals surface area contributed by atoms with Crippen molar-refractivity contribution in [2.24, 2.45) is 0 Å². The number of rotatable bonds is 6. The summed E-state index contributed by atoms with van der Waals surface area (Å²) in [6, 6.07) is 7.97. The summed E-state index contributed by atoms with van der Waals surface area (Å²) in [5.74, 6) is -0.971. The van der Waals surface area contributed by atoms with Gasteiger partial charge in [-0.05, 0) is 17.7 Å². The highest BCUT2D eigenvalue weighted by Crippen LogP contribution is 2.27. The monoisotopic (exact) mass is 370 g/mol. The molecular formula is C14H15BrN2O3S. The van der Waals surface area contributed by atoms with Crippen molar-refractivity contribution in [2.45, 2.75) is 13.2 Å². The van der Waals surface area contributed by atoms with Crippen molar-refractivity contribution >= 4 is 38.4 Å². The molecule has 0 aliphatic heterocycles. The molecule has 0 saturated heterocycles. The SMILES string of the molecule is COCc1nc(N(C)Cc2cccc(Br)c2)sc1C(=O)O. The lowest BCUT2D eigenvalue weighted by Gasteiger charge is -2.15. The van der Waals surface area contributed by atoms with E-state index in [-0.39, 0.29) is 11.5 Å². The first-order valence-corrected chi connectivity index (χ1v) is 7.79. The molecule has 0 fully saturated rings. The Morgan fingerprint density at radius 3 is 2.90 bits per heavy atom. The second-order valence-corrected chi connectivity index (χ2v) is 6.39. The summed E-state index contributed by atoms with van der Waals surface area (Å²) >= 11 is 4.60. The van der Waals surface area contributed by atoms with Crippen LogP contribution in [0.1, 0.15) is 20.9 Å². The van der Waals surface area contributed by atoms with Crippen molar-refractivity contribution in [2.75, 3.05) is 19.1 Å². The summed E-state index contributed by atoms with van der Waals surface area (Å²) in [5, 5.41) is 9.87. The van der Waals surface area contributed by atoms with Gasteiger partial charge in [-0.25, -0.2) is 9.78 Å². The lowest BCUT2D eigenvalue weighted by atomic mass is 10.2. The van der Waals surface area contributed by atoms with Crippen LogP contribution in [0.3, 0.4) is 0 Å². The summed E-state index contributed by atoms with van der Waals surface area (Å²) in [4.78, 5) is 17.8. The van der Waals surface area contributed by atoms with Crippen molar-refractivity contribution in [3.63, 3.8) is 0 Å². The topological polar surface area (TPSA) is 62.7 Å². The van der Waals surface area contributed by atoms with Crippen LogP contribution in [0.2, 0.25) is 0 Å². The molecule has 0 spiro atoms. The van der Waals surface area contributed by atoms with Crippen molar-refractivity contribution in [3.05, 3.63) is 44.9 Å². The molecule has 2 aromatic rings. The van der Waals surface area contributed by atoms with Gasteiger partial charge < -0.3 is 14.7 Å². The molecule has 7 heteroatoms. The van der Waals surface area contributed by atoms with Gasteiger partial charge in [0.05, 0.1) is 12.3 Å². The van der Waals surface area contributed by atoms with E-state index < -0.39 is 5.97 Å². The fourth-order valence-electron chi connectivity index (χ4n) is 1.88. The van der Waals surface area contributed by atoms with Crippen LogP contribution in [-0.2, 0) is 17.9 Å². The first-order chi connectivity index (χ1) is 10.0. The molecule has 0 radical (unpaired) electrons. The summed E-state index contributed by atoms with van der Waals surface area (Å²) in [7, 11) is 3.41. The second kappa shape index (κ2) is 7.02. The van der Waals surface area contributed by atoms with E-state index in [9.17, 15) is 9.90 Å². The maximum atomic E-state index is 11.2. The lowest BCUT2D eigenvalue weighted by Crippen LogP contribution is -2.16. The zero-order valence-electron chi connectivity index (χ0n) is 11.7. The van der Waals surface area contributed by atoms with E-state index in [1.165, 1.54) is 7.11 Å². The van der Waals surface area contributed by atoms with Gasteiger partial charge in [0, 0.05) is 25.2 Å². The minimum atomic E-state index is -0.971. The van der Waals surface area contributed by atoms with Crippen LogP contribution in [0.25, 0.3) is 0 Å². The zero-order chi connectivity index (χ0) is 15.4. The van der Waals surface area contributed by atoms with Crippen molar-refractivity contribution in [1.29, 1.82) is 0 Å². The molecule has 1 heterocycles. The number of methoxy groups -OCH3 is 1. The summed E-state index contributed by atoms with van der Waals surface area (Å²) in [6.45, 7) is 0.849. The third kappa shape index (κ3) is 4.03. The predicted molar refractivity (Wildman–Crippen MR) is 86.0 cm³/mol. The molecule has 1 aromatic heterocycles. The molecule has 0 aliphatic rings. The number of thiazole rings is 1. The number of nitrogens with zero attached hydrogens (tertiary/aromatic N) is 2. The zero-order valence-corrected chi connectivity index (χ0v) is 14.1. The van der Waals surface area contributed by atoms with Crippen LogP contribution in [0, 0.1) is 0 Å². The maximum absolute atomic E-state index is 11.2. The number of benzene rings is 1. The van der Waals surface area contributed by atoms with Crippen molar-refractivity contribution in [3.8, 4) is 0 Å². The van der Waals surface area contributed by atoms with Crippen LogP contribution < -0.4 is 4.90 Å². The van der Waals surface area contributed by atoms with E-state index in [1.807, 2.05) is 36.2 Å². The van der Waals surface area contributed by atoms with Gasteiger partial charge in [-0.1, -0.05) is 39.4 Å². The highest BCUT2D eigenvalue weighted by molar-refractivity contribution is 9.10. The van der Waals surface area contributed by atoms with E-state index in [0.717, 1.165) is 21.4 Å². The standard InChI is InChI=1S/C14H15BrN2O3S/c1-17(7-9-4-3-5-10(15)6-9)14-16-11(8-20-2)12(21-14)13(18)19/h3-6H,7-8H2,1-2H3,(H,18,19). The number of ether oxygens (including phenoxy) is 1. The molecule has 1 N–H and O–H groups in total. The Hall–Kier alpha value is -1.44. The molecule has 0 aliphatic carbocycles. The predicted octanol–water partition coefficient (Wildman–Crippen LogP) is 3.39. The minimum absolute atomic E-state index is 0.197. The molecular weight excluding hydrogens is 356 g/mol. The number of hydrogen-bond acceptors (Lipinski definition) is 5. The number of anilines is 1. The van der Waals surface area contributed by atoms with Gasteiger partial charge in [-0.2, -0.15) is 0 Å². The molecule has 0 saturated carbocycles. The van der Waals surface area contributed by atoms with Gasteiger partial charge in [-0.15, -0.1) is 0 Å². The number of aromatic nitrogens is 1. The third-order valence-electron chi connectivity index (χ3n) is 2.80. The fraction of sp³-hybridized carbons (Fsp3) is 0.286. The Bertz CT molecular complexity index is 645. The normalized spacial score (nSPS) is 10.6. The summed E-state index contributed by atoms with van der Waals surface area (Å²) < 4.78 is 6.01. The number of aromatic carboxylic acids is 1. The Balaban J connectivity index is 2.20. The van der Waals surface area contributed by atoms with E-state index >= 15 is 0 Å². The quantitative estimate of drug-likeness (QED) is 0.844. The molecule has 0 amide bonds. The van der Waals surface area contributed by atoms with Gasteiger partial charge in [-0.3, -0.25) is 0 Å². The molecule has 5 nitrogen and oxygen atoms in total. The lowest BCUT2D eigenvalue weighted by molar-refractivity contribution is 0.0697. The second-order valence-electron chi connectivity index (χ2n) is 4.50. The number of carbonyl (C=O) groups is 1. The van der Waals surface area contributed by atoms with E-state index in [2.05, 4.69) is 20.9 Å². The highest BCUT2D eigenvalue weighted by Gasteiger charge is 2.19. The van der Waals surface area contributed by atoms with Crippen molar-refractivity contribution < 1.29 is 14.6 Å². The Morgan fingerprint density at radius 1 is 1.52 bits per heavy atom. The third-order valence-corrected chi connectivity index (χ3v) is 4.49. The summed E-state index contributed by atoms with van der Waals surface area (Å²) in [5.41, 5.74) is 1.58. The number of halogens is 1. The van der Waals surface area contributed by atoms with Gasteiger partial charge in [0.15, 0.2) is 5.13 Å². The van der Waals surface area contributed by atoms with E-state index in [1.54, 1.807) is 0 Å². The van der Waals surface area contributed by atoms with Crippen LogP contribution >= 0.6 is 27.3 Å². The number of hydrogen-bond donors (Lipinski definition) is 1. The van der Waals surface area contributed by atoms with Gasteiger partial charge in [0.2, 0.25) is 0 Å². The van der Waals surface area contributed by atoms with Crippen LogP contribution in [0.5, 0.6) is 0 Å². The first kappa shape index (κ1) is 15.9. The van der Waals surface area contributed by atoms with Crippen LogP contribution in [-0.4, -0.2) is 30.2 Å². The molecule has 0 bridgehead atoms. The smallest absolute Gasteiger partial charge is 0.347 e. The van der Waals surface area contributed by atoms with Gasteiger partial charge >= 0.3 is 5.97 Å². The van der Waals surface area contributed by atoms with Crippen LogP contribution in [0.4, 0.5) is 5.13 Å². The van der Waals surface area contributed by atoms with Gasteiger partial charge in [0.1, 0.15) is 4.88 Å². The maximum Gasteiger partial charge on any atom is 0.347 e. The molecule has 0 unspecified atom stereocenters. The number of carboxylic acids is 1. The van der Waals surface area contributed by atoms with E-state index in [4.69, 9.17) is 4.74 Å². The Labute approximate surface area is 135 Å². The minimum Gasteiger partial charge on any atom is -0.477 e. The van der Waals surface area contributed by atoms with Crippen molar-refractivity contribution in [1.82, 2.24) is 4.98 Å². The molecule has 2 rings (SSSR count). The summed E-state index contributed by atoms with van der Waals surface area (Å²) in [6.07, 6.45) is 0. The molecule has 112 valence electrons. The van der Waals surface area contributed by atoms with E-state index in [0.29, 0.717) is 17.4 Å². The Kier molecular flexibility index (Phi) is 5.33. The fourth-order valence-corrected chi connectivity index (χ4v) is 3.20. The molecule has 1 aromatic carbocycles. The Morgan fingerprint density at radius 2 is 2.29 bits per heavy atom. The average Bonchev–Trinajstić information content (AvgIpc) is 2.83. The average molecular weight is 371 g/mol. The largest absolute Gasteiger partial charge is 0.477 e.